The molecule has 2 aliphatic heterocycles. The van der Waals surface area contributed by atoms with E-state index in [9.17, 15) is 14.0 Å². The van der Waals surface area contributed by atoms with Crippen molar-refractivity contribution in [3.63, 3.8) is 0 Å². The number of amides is 2. The summed E-state index contributed by atoms with van der Waals surface area (Å²) in [6, 6.07) is 18.2. The van der Waals surface area contributed by atoms with Crippen LogP contribution in [0.5, 0.6) is 17.2 Å². The molecule has 0 radical (unpaired) electrons. The van der Waals surface area contributed by atoms with E-state index in [0.717, 1.165) is 5.56 Å². The van der Waals surface area contributed by atoms with Gasteiger partial charge in [0.2, 0.25) is 5.91 Å². The molecule has 178 valence electrons. The van der Waals surface area contributed by atoms with Crippen LogP contribution in [0, 0.1) is 5.82 Å². The van der Waals surface area contributed by atoms with Crippen LogP contribution >= 0.6 is 0 Å². The van der Waals surface area contributed by atoms with Crippen molar-refractivity contribution in [3.05, 3.63) is 89.4 Å². The van der Waals surface area contributed by atoms with Crippen LogP contribution in [0.1, 0.15) is 24.1 Å². The number of ether oxygens (including phenoxy) is 3. The third-order valence-corrected chi connectivity index (χ3v) is 5.77. The van der Waals surface area contributed by atoms with Crippen molar-refractivity contribution in [2.75, 3.05) is 24.7 Å². The second-order valence-electron chi connectivity index (χ2n) is 8.18. The molecule has 8 heteroatoms. The Morgan fingerprint density at radius 1 is 1.03 bits per heavy atom. The third-order valence-electron chi connectivity index (χ3n) is 5.77. The molecule has 3 aromatic carbocycles. The number of hydrogen-bond donors (Lipinski definition) is 1. The van der Waals surface area contributed by atoms with Gasteiger partial charge in [0.25, 0.3) is 5.91 Å². The highest BCUT2D eigenvalue weighted by atomic mass is 19.1. The minimum Gasteiger partial charge on any atom is -0.486 e. The summed E-state index contributed by atoms with van der Waals surface area (Å²) in [6.45, 7) is 2.59. The number of nitrogens with zero attached hydrogens (tertiary/aromatic N) is 1. The minimum absolute atomic E-state index is 0.0681. The van der Waals surface area contributed by atoms with Crippen molar-refractivity contribution < 1.29 is 28.2 Å². The number of fused-ring (bicyclic) bond motifs is 2. The summed E-state index contributed by atoms with van der Waals surface area (Å²) < 4.78 is 31.1. The molecule has 5 rings (SSSR count). The fraction of sp³-hybridized carbons (Fsp3) is 0.185. The van der Waals surface area contributed by atoms with Gasteiger partial charge >= 0.3 is 0 Å². The van der Waals surface area contributed by atoms with E-state index >= 15 is 0 Å². The summed E-state index contributed by atoms with van der Waals surface area (Å²) in [4.78, 5) is 27.6. The van der Waals surface area contributed by atoms with Gasteiger partial charge in [-0.15, -0.1) is 0 Å². The van der Waals surface area contributed by atoms with Gasteiger partial charge in [0.05, 0.1) is 11.7 Å². The summed E-state index contributed by atoms with van der Waals surface area (Å²) in [6.07, 6.45) is 1.34. The lowest BCUT2D eigenvalue weighted by Crippen LogP contribution is -2.44. The molecule has 2 amide bonds. The zero-order valence-corrected chi connectivity index (χ0v) is 19.0. The van der Waals surface area contributed by atoms with Gasteiger partial charge in [-0.1, -0.05) is 36.4 Å². The molecule has 35 heavy (non-hydrogen) atoms. The predicted octanol–water partition coefficient (Wildman–Crippen LogP) is 4.24. The largest absolute Gasteiger partial charge is 0.486 e. The number of carbonyl (C=O) groups excluding carboxylic acids is 2. The first kappa shape index (κ1) is 22.5. The molecule has 0 spiro atoms. The van der Waals surface area contributed by atoms with Crippen molar-refractivity contribution >= 4 is 23.6 Å². The maximum Gasteiger partial charge on any atom is 0.294 e. The quantitative estimate of drug-likeness (QED) is 0.560. The van der Waals surface area contributed by atoms with Crippen molar-refractivity contribution in [1.82, 2.24) is 5.32 Å². The van der Waals surface area contributed by atoms with Crippen LogP contribution in [0.25, 0.3) is 6.08 Å². The third kappa shape index (κ3) is 4.68. The first-order valence-corrected chi connectivity index (χ1v) is 11.2. The highest BCUT2D eigenvalue weighted by molar-refractivity contribution is 6.12. The van der Waals surface area contributed by atoms with E-state index in [2.05, 4.69) is 5.32 Å². The van der Waals surface area contributed by atoms with Gasteiger partial charge in [-0.2, -0.15) is 0 Å². The van der Waals surface area contributed by atoms with Crippen LogP contribution in [-0.4, -0.2) is 31.6 Å². The van der Waals surface area contributed by atoms with E-state index in [0.29, 0.717) is 36.1 Å². The summed E-state index contributed by atoms with van der Waals surface area (Å²) in [5.74, 6) is 0.270. The lowest BCUT2D eigenvalue weighted by atomic mass is 10.1. The van der Waals surface area contributed by atoms with Crippen molar-refractivity contribution in [1.29, 1.82) is 0 Å². The predicted molar refractivity (Wildman–Crippen MR) is 128 cm³/mol. The number of hydrogen-bond acceptors (Lipinski definition) is 5. The topological polar surface area (TPSA) is 77.1 Å². The number of benzene rings is 3. The number of para-hydroxylation sites is 2. The molecule has 1 atom stereocenters. The van der Waals surface area contributed by atoms with Crippen LogP contribution in [0.15, 0.2) is 72.5 Å². The second kappa shape index (κ2) is 9.50. The Labute approximate surface area is 201 Å². The lowest BCUT2D eigenvalue weighted by Gasteiger charge is -2.30. The molecule has 0 aromatic heterocycles. The van der Waals surface area contributed by atoms with Crippen LogP contribution in [0.3, 0.4) is 0 Å². The number of halogens is 1. The number of nitrogens with one attached hydrogen (secondary N) is 1. The van der Waals surface area contributed by atoms with Gasteiger partial charge in [-0.3, -0.25) is 14.5 Å². The Morgan fingerprint density at radius 2 is 1.77 bits per heavy atom. The van der Waals surface area contributed by atoms with Crippen molar-refractivity contribution in [2.24, 2.45) is 0 Å². The van der Waals surface area contributed by atoms with Gasteiger partial charge in [-0.25, -0.2) is 4.39 Å². The molecule has 0 fully saturated rings. The maximum atomic E-state index is 14.2. The van der Waals surface area contributed by atoms with Crippen LogP contribution < -0.4 is 24.4 Å². The summed E-state index contributed by atoms with van der Waals surface area (Å²) in [5, 5.41) is 2.93. The van der Waals surface area contributed by atoms with Gasteiger partial charge in [0, 0.05) is 5.56 Å². The van der Waals surface area contributed by atoms with E-state index in [1.807, 2.05) is 25.1 Å². The average molecular weight is 474 g/mol. The number of rotatable bonds is 5. The van der Waals surface area contributed by atoms with Gasteiger partial charge < -0.3 is 19.5 Å². The average Bonchev–Trinajstić information content (AvgIpc) is 2.87. The molecular formula is C27H23FN2O5. The van der Waals surface area contributed by atoms with E-state index in [1.165, 1.54) is 17.0 Å². The highest BCUT2D eigenvalue weighted by Gasteiger charge is 2.32. The van der Waals surface area contributed by atoms with Gasteiger partial charge in [0.1, 0.15) is 25.6 Å². The first-order valence-electron chi connectivity index (χ1n) is 11.2. The summed E-state index contributed by atoms with van der Waals surface area (Å²) >= 11 is 0. The molecule has 7 nitrogen and oxygen atoms in total. The minimum atomic E-state index is -0.533. The Hall–Kier alpha value is -4.33. The highest BCUT2D eigenvalue weighted by Crippen LogP contribution is 2.36. The fourth-order valence-corrected chi connectivity index (χ4v) is 4.00. The summed E-state index contributed by atoms with van der Waals surface area (Å²) in [5.41, 5.74) is 1.52. The van der Waals surface area contributed by atoms with E-state index in [1.54, 1.807) is 42.5 Å². The van der Waals surface area contributed by atoms with Crippen LogP contribution in [0.4, 0.5) is 10.1 Å². The van der Waals surface area contributed by atoms with E-state index in [4.69, 9.17) is 14.2 Å². The second-order valence-corrected chi connectivity index (χ2v) is 8.18. The lowest BCUT2D eigenvalue weighted by molar-refractivity contribution is -0.123. The Balaban J connectivity index is 1.36. The molecule has 0 saturated heterocycles. The Morgan fingerprint density at radius 3 is 2.60 bits per heavy atom. The van der Waals surface area contributed by atoms with Crippen molar-refractivity contribution in [3.8, 4) is 17.2 Å². The summed E-state index contributed by atoms with van der Waals surface area (Å²) in [7, 11) is 0. The molecule has 0 saturated carbocycles. The first-order chi connectivity index (χ1) is 17.0. The fourth-order valence-electron chi connectivity index (χ4n) is 4.00. The molecule has 0 aliphatic carbocycles. The Kier molecular flexibility index (Phi) is 6.10. The monoisotopic (exact) mass is 474 g/mol. The van der Waals surface area contributed by atoms with E-state index in [-0.39, 0.29) is 29.8 Å². The zero-order chi connectivity index (χ0) is 24.4. The Bertz CT molecular complexity index is 1320. The van der Waals surface area contributed by atoms with Crippen LogP contribution in [0.2, 0.25) is 0 Å². The van der Waals surface area contributed by atoms with Gasteiger partial charge in [-0.05, 0) is 48.9 Å². The number of anilines is 1. The number of carbonyl (C=O) groups is 2. The SMILES string of the molecule is C[C@@H](NC(=O)CN1C(=O)/C(=C\c2ccccc2F)Oc2ccccc21)c1ccc2c(c1)OCCO2. The molecule has 0 bridgehead atoms. The normalized spacial score (nSPS) is 16.3. The molecule has 2 heterocycles. The molecule has 1 N–H and O–H groups in total. The smallest absolute Gasteiger partial charge is 0.294 e. The van der Waals surface area contributed by atoms with Crippen molar-refractivity contribution in [2.45, 2.75) is 13.0 Å². The molecule has 2 aliphatic rings. The van der Waals surface area contributed by atoms with Gasteiger partial charge in [0.15, 0.2) is 23.0 Å². The van der Waals surface area contributed by atoms with Crippen LogP contribution in [-0.2, 0) is 9.59 Å². The maximum absolute atomic E-state index is 14.2. The van der Waals surface area contributed by atoms with E-state index < -0.39 is 11.7 Å². The molecule has 0 unspecified atom stereocenters. The zero-order valence-electron chi connectivity index (χ0n) is 19.0. The molecular weight excluding hydrogens is 451 g/mol. The standard InChI is InChI=1S/C27H23FN2O5/c1-17(18-10-11-23-24(14-18)34-13-12-33-23)29-26(31)16-30-21-8-4-5-9-22(21)35-25(27(30)32)15-19-6-2-3-7-20(19)28/h2-11,14-15,17H,12-13,16H2,1H3,(H,29,31)/b25-15+/t17-/m1/s1. The molecule has 3 aromatic rings.